The second-order valence-corrected chi connectivity index (χ2v) is 6.45. The van der Waals surface area contributed by atoms with Crippen molar-refractivity contribution in [2.75, 3.05) is 0 Å². The number of rotatable bonds is 3. The summed E-state index contributed by atoms with van der Waals surface area (Å²) in [6.07, 6.45) is 0. The van der Waals surface area contributed by atoms with Crippen molar-refractivity contribution in [3.05, 3.63) is 46.4 Å². The van der Waals surface area contributed by atoms with E-state index in [9.17, 15) is 4.79 Å². The molecule has 0 saturated carbocycles. The van der Waals surface area contributed by atoms with Gasteiger partial charge in [-0.15, -0.1) is 0 Å². The van der Waals surface area contributed by atoms with Crippen LogP contribution in [-0.2, 0) is 4.79 Å². The minimum absolute atomic E-state index is 0.120. The maximum absolute atomic E-state index is 11.4. The molecule has 94 valence electrons. The van der Waals surface area contributed by atoms with E-state index < -0.39 is 0 Å². The van der Waals surface area contributed by atoms with Crippen molar-refractivity contribution in [3.63, 3.8) is 0 Å². The van der Waals surface area contributed by atoms with E-state index in [2.05, 4.69) is 69.1 Å². The van der Waals surface area contributed by atoms with Crippen molar-refractivity contribution in [1.82, 2.24) is 0 Å². The smallest absolute Gasteiger partial charge is 0.144 e. The highest BCUT2D eigenvalue weighted by molar-refractivity contribution is 9.10. The van der Waals surface area contributed by atoms with Crippen molar-refractivity contribution >= 4 is 48.4 Å². The van der Waals surface area contributed by atoms with Crippen LogP contribution in [0.1, 0.15) is 25.3 Å². The van der Waals surface area contributed by atoms with E-state index in [-0.39, 0.29) is 16.5 Å². The number of Topliss-reactive ketones (excluding diaryl/α,β-unsaturated/α-hetero) is 1. The van der Waals surface area contributed by atoms with Crippen molar-refractivity contribution in [1.29, 1.82) is 0 Å². The molecule has 18 heavy (non-hydrogen) atoms. The average Bonchev–Trinajstić information content (AvgIpc) is 2.36. The molecular weight excluding hydrogens is 356 g/mol. The van der Waals surface area contributed by atoms with Crippen LogP contribution in [0.3, 0.4) is 0 Å². The molecule has 1 nitrogen and oxygen atoms in total. The summed E-state index contributed by atoms with van der Waals surface area (Å²) in [5.74, 6) is 0.342. The molecule has 0 spiro atoms. The number of carbonyl (C=O) groups excluding carboxylic acids is 1. The minimum Gasteiger partial charge on any atom is -0.299 e. The topological polar surface area (TPSA) is 17.1 Å². The second kappa shape index (κ2) is 5.54. The average molecular weight is 370 g/mol. The van der Waals surface area contributed by atoms with Gasteiger partial charge in [-0.25, -0.2) is 0 Å². The molecule has 2 aromatic carbocycles. The van der Waals surface area contributed by atoms with E-state index in [0.29, 0.717) is 0 Å². The monoisotopic (exact) mass is 368 g/mol. The van der Waals surface area contributed by atoms with Crippen molar-refractivity contribution in [2.24, 2.45) is 0 Å². The Labute approximate surface area is 124 Å². The van der Waals surface area contributed by atoms with Crippen LogP contribution in [-0.4, -0.2) is 10.6 Å². The van der Waals surface area contributed by atoms with Crippen molar-refractivity contribution < 1.29 is 4.79 Å². The lowest BCUT2D eigenvalue weighted by Crippen LogP contribution is -2.17. The zero-order chi connectivity index (χ0) is 13.3. The van der Waals surface area contributed by atoms with Gasteiger partial charge in [-0.1, -0.05) is 63.0 Å². The number of fused-ring (bicyclic) bond motifs is 1. The van der Waals surface area contributed by atoms with Crippen LogP contribution in [0.5, 0.6) is 0 Å². The lowest BCUT2D eigenvalue weighted by atomic mass is 9.94. The summed E-state index contributed by atoms with van der Waals surface area (Å²) in [5.41, 5.74) is 1.18. The Morgan fingerprint density at radius 3 is 2.39 bits per heavy atom. The molecule has 2 atom stereocenters. The fraction of sp³-hybridized carbons (Fsp3) is 0.267. The van der Waals surface area contributed by atoms with E-state index in [1.807, 2.05) is 6.07 Å². The Morgan fingerprint density at radius 2 is 1.72 bits per heavy atom. The summed E-state index contributed by atoms with van der Waals surface area (Å²) >= 11 is 6.93. The fourth-order valence-electron chi connectivity index (χ4n) is 2.04. The summed E-state index contributed by atoms with van der Waals surface area (Å²) in [5, 5.41) is 2.40. The van der Waals surface area contributed by atoms with Gasteiger partial charge in [0.15, 0.2) is 0 Å². The van der Waals surface area contributed by atoms with Gasteiger partial charge in [-0.3, -0.25) is 4.79 Å². The molecule has 0 saturated heterocycles. The number of hydrogen-bond donors (Lipinski definition) is 0. The van der Waals surface area contributed by atoms with Gasteiger partial charge in [0.2, 0.25) is 0 Å². The van der Waals surface area contributed by atoms with Crippen LogP contribution < -0.4 is 0 Å². The van der Waals surface area contributed by atoms with E-state index in [4.69, 9.17) is 0 Å². The van der Waals surface area contributed by atoms with Crippen LogP contribution in [0.2, 0.25) is 0 Å². The highest BCUT2D eigenvalue weighted by Gasteiger charge is 2.20. The largest absolute Gasteiger partial charge is 0.299 e. The highest BCUT2D eigenvalue weighted by Crippen LogP contribution is 2.29. The molecule has 2 aromatic rings. The van der Waals surface area contributed by atoms with Crippen molar-refractivity contribution in [2.45, 2.75) is 24.6 Å². The standard InChI is InChI=1S/C15H14Br2O/c1-9(15(17)10(2)18)11-3-4-13-8-14(16)6-5-12(13)7-11/h3-9,15H,1-2H3. The fourth-order valence-corrected chi connectivity index (χ4v) is 2.72. The van der Waals surface area contributed by atoms with Crippen LogP contribution in [0.4, 0.5) is 0 Å². The molecule has 2 rings (SSSR count). The normalized spacial score (nSPS) is 14.4. The zero-order valence-electron chi connectivity index (χ0n) is 10.3. The van der Waals surface area contributed by atoms with Gasteiger partial charge in [0, 0.05) is 10.4 Å². The Morgan fingerprint density at radius 1 is 1.11 bits per heavy atom. The summed E-state index contributed by atoms with van der Waals surface area (Å²) in [7, 11) is 0. The molecule has 0 radical (unpaired) electrons. The van der Waals surface area contributed by atoms with Crippen LogP contribution >= 0.6 is 31.9 Å². The Kier molecular flexibility index (Phi) is 4.23. The SMILES string of the molecule is CC(=O)C(Br)C(C)c1ccc2cc(Br)ccc2c1. The summed E-state index contributed by atoms with van der Waals surface area (Å²) in [4.78, 5) is 11.3. The van der Waals surface area contributed by atoms with Crippen molar-refractivity contribution in [3.8, 4) is 0 Å². The second-order valence-electron chi connectivity index (χ2n) is 4.55. The van der Waals surface area contributed by atoms with Gasteiger partial charge >= 0.3 is 0 Å². The highest BCUT2D eigenvalue weighted by atomic mass is 79.9. The number of alkyl halides is 1. The van der Waals surface area contributed by atoms with E-state index in [0.717, 1.165) is 4.47 Å². The molecule has 3 heteroatoms. The first-order valence-corrected chi connectivity index (χ1v) is 7.53. The molecule has 0 amide bonds. The Hall–Kier alpha value is -0.670. The molecular formula is C15H14Br2O. The Balaban J connectivity index is 2.41. The zero-order valence-corrected chi connectivity index (χ0v) is 13.5. The third-order valence-corrected chi connectivity index (χ3v) is 5.11. The predicted molar refractivity (Wildman–Crippen MR) is 83.5 cm³/mol. The molecule has 0 bridgehead atoms. The number of ketones is 1. The summed E-state index contributed by atoms with van der Waals surface area (Å²) in [6, 6.07) is 12.6. The van der Waals surface area contributed by atoms with Crippen LogP contribution in [0.25, 0.3) is 10.8 Å². The summed E-state index contributed by atoms with van der Waals surface area (Å²) < 4.78 is 1.08. The molecule has 2 unspecified atom stereocenters. The van der Waals surface area contributed by atoms with Crippen LogP contribution in [0, 0.1) is 0 Å². The molecule has 0 aliphatic rings. The predicted octanol–water partition coefficient (Wildman–Crippen LogP) is 5.06. The number of benzene rings is 2. The van der Waals surface area contributed by atoms with E-state index >= 15 is 0 Å². The molecule has 0 aliphatic carbocycles. The molecule has 0 fully saturated rings. The quantitative estimate of drug-likeness (QED) is 0.691. The maximum atomic E-state index is 11.4. The number of carbonyl (C=O) groups is 1. The number of hydrogen-bond acceptors (Lipinski definition) is 1. The molecule has 0 aliphatic heterocycles. The lowest BCUT2D eigenvalue weighted by Gasteiger charge is -2.16. The third kappa shape index (κ3) is 2.83. The van der Waals surface area contributed by atoms with Gasteiger partial charge in [-0.2, -0.15) is 0 Å². The Bertz CT molecular complexity index is 592. The van der Waals surface area contributed by atoms with Gasteiger partial charge in [0.05, 0.1) is 4.83 Å². The van der Waals surface area contributed by atoms with E-state index in [1.54, 1.807) is 6.92 Å². The maximum Gasteiger partial charge on any atom is 0.144 e. The first-order valence-electron chi connectivity index (χ1n) is 5.83. The molecule has 0 aromatic heterocycles. The third-order valence-electron chi connectivity index (χ3n) is 3.18. The van der Waals surface area contributed by atoms with E-state index in [1.165, 1.54) is 16.3 Å². The van der Waals surface area contributed by atoms with Gasteiger partial charge < -0.3 is 0 Å². The minimum atomic E-state index is -0.120. The molecule has 0 N–H and O–H groups in total. The van der Waals surface area contributed by atoms with Gasteiger partial charge in [0.25, 0.3) is 0 Å². The van der Waals surface area contributed by atoms with Crippen LogP contribution in [0.15, 0.2) is 40.9 Å². The first kappa shape index (κ1) is 13.8. The van der Waals surface area contributed by atoms with Gasteiger partial charge in [0.1, 0.15) is 5.78 Å². The number of halogens is 2. The molecule has 0 heterocycles. The lowest BCUT2D eigenvalue weighted by molar-refractivity contribution is -0.116. The van der Waals surface area contributed by atoms with Gasteiger partial charge in [-0.05, 0) is 35.4 Å². The summed E-state index contributed by atoms with van der Waals surface area (Å²) in [6.45, 7) is 3.69. The first-order chi connectivity index (χ1) is 8.49.